The van der Waals surface area contributed by atoms with Crippen molar-refractivity contribution >= 4 is 29.4 Å². The molecule has 7 heteroatoms. The lowest BCUT2D eigenvalue weighted by Gasteiger charge is -2.36. The number of hydrogen-bond acceptors (Lipinski definition) is 5. The van der Waals surface area contributed by atoms with Gasteiger partial charge in [0.15, 0.2) is 0 Å². The van der Waals surface area contributed by atoms with E-state index in [2.05, 4.69) is 0 Å². The number of carbonyl (C=O) groups excluding carboxylic acids is 4. The van der Waals surface area contributed by atoms with Gasteiger partial charge in [-0.05, 0) is 42.5 Å². The lowest BCUT2D eigenvalue weighted by Crippen LogP contribution is -2.51. The van der Waals surface area contributed by atoms with E-state index in [0.717, 1.165) is 43.4 Å². The van der Waals surface area contributed by atoms with Crippen LogP contribution >= 0.6 is 0 Å². The van der Waals surface area contributed by atoms with E-state index in [1.54, 1.807) is 29.2 Å². The average Bonchev–Trinajstić information content (AvgIpc) is 2.86. The Labute approximate surface area is 190 Å². The SMILES string of the molecule is CC(=O)Oc1ccc(N2C(=O)CC(N(C(=O)CC(C)(C)C)C3CCCCCC3)C2=O)cc1. The first-order valence-corrected chi connectivity index (χ1v) is 11.5. The van der Waals surface area contributed by atoms with Crippen LogP contribution < -0.4 is 9.64 Å². The van der Waals surface area contributed by atoms with Crippen LogP contribution in [-0.4, -0.2) is 40.7 Å². The smallest absolute Gasteiger partial charge is 0.308 e. The van der Waals surface area contributed by atoms with Gasteiger partial charge in [0.2, 0.25) is 11.8 Å². The van der Waals surface area contributed by atoms with E-state index >= 15 is 0 Å². The largest absolute Gasteiger partial charge is 0.427 e. The number of anilines is 1. The number of carbonyl (C=O) groups is 4. The maximum absolute atomic E-state index is 13.4. The predicted octanol–water partition coefficient (Wildman–Crippen LogP) is 4.23. The van der Waals surface area contributed by atoms with Crippen LogP contribution in [0.1, 0.15) is 79.1 Å². The molecule has 0 bridgehead atoms. The molecule has 3 amide bonds. The minimum absolute atomic E-state index is 0.00306. The van der Waals surface area contributed by atoms with Crippen LogP contribution in [0.25, 0.3) is 0 Å². The lowest BCUT2D eigenvalue weighted by molar-refractivity contribution is -0.143. The van der Waals surface area contributed by atoms with Crippen LogP contribution in [0.2, 0.25) is 0 Å². The Kier molecular flexibility index (Phi) is 7.36. The van der Waals surface area contributed by atoms with E-state index in [4.69, 9.17) is 4.74 Å². The number of esters is 1. The maximum atomic E-state index is 13.4. The highest BCUT2D eigenvalue weighted by Crippen LogP contribution is 2.33. The van der Waals surface area contributed by atoms with Gasteiger partial charge in [-0.1, -0.05) is 46.5 Å². The Bertz CT molecular complexity index is 863. The standard InChI is InChI=1S/C25H34N2O5/c1-17(28)32-20-13-11-19(12-14-20)27-22(29)15-21(24(27)31)26(23(30)16-25(2,3)4)18-9-7-5-6-8-10-18/h11-14,18,21H,5-10,15-16H2,1-4H3. The molecule has 1 heterocycles. The molecule has 1 aliphatic heterocycles. The molecule has 174 valence electrons. The second-order valence-corrected chi connectivity index (χ2v) is 10.1. The van der Waals surface area contributed by atoms with Crippen LogP contribution in [0.15, 0.2) is 24.3 Å². The maximum Gasteiger partial charge on any atom is 0.308 e. The van der Waals surface area contributed by atoms with Crippen molar-refractivity contribution in [2.24, 2.45) is 5.41 Å². The normalized spacial score (nSPS) is 20.2. The van der Waals surface area contributed by atoms with Gasteiger partial charge in [0.25, 0.3) is 5.91 Å². The zero-order chi connectivity index (χ0) is 23.5. The number of imide groups is 1. The highest BCUT2D eigenvalue weighted by molar-refractivity contribution is 6.23. The number of hydrogen-bond donors (Lipinski definition) is 0. The first kappa shape index (κ1) is 24.0. The van der Waals surface area contributed by atoms with E-state index in [1.807, 2.05) is 20.8 Å². The van der Waals surface area contributed by atoms with Gasteiger partial charge >= 0.3 is 5.97 Å². The van der Waals surface area contributed by atoms with Gasteiger partial charge in [-0.15, -0.1) is 0 Å². The molecule has 32 heavy (non-hydrogen) atoms. The summed E-state index contributed by atoms with van der Waals surface area (Å²) in [5.41, 5.74) is 0.209. The second kappa shape index (κ2) is 9.84. The van der Waals surface area contributed by atoms with Crippen molar-refractivity contribution in [3.05, 3.63) is 24.3 Å². The summed E-state index contributed by atoms with van der Waals surface area (Å²) in [5, 5.41) is 0. The van der Waals surface area contributed by atoms with Crippen molar-refractivity contribution in [3.63, 3.8) is 0 Å². The van der Waals surface area contributed by atoms with Crippen molar-refractivity contribution < 1.29 is 23.9 Å². The molecule has 1 unspecified atom stereocenters. The summed E-state index contributed by atoms with van der Waals surface area (Å²) in [4.78, 5) is 53.8. The predicted molar refractivity (Wildman–Crippen MR) is 121 cm³/mol. The molecular weight excluding hydrogens is 408 g/mol. The molecule has 1 saturated heterocycles. The first-order valence-electron chi connectivity index (χ1n) is 11.5. The van der Waals surface area contributed by atoms with Crippen molar-refractivity contribution in [3.8, 4) is 5.75 Å². The van der Waals surface area contributed by atoms with E-state index in [0.29, 0.717) is 17.9 Å². The fraction of sp³-hybridized carbons (Fsp3) is 0.600. The van der Waals surface area contributed by atoms with Gasteiger partial charge in [0, 0.05) is 19.4 Å². The summed E-state index contributed by atoms with van der Waals surface area (Å²) < 4.78 is 5.03. The molecule has 1 aromatic rings. The van der Waals surface area contributed by atoms with Gasteiger partial charge < -0.3 is 9.64 Å². The molecule has 1 aromatic carbocycles. The number of benzene rings is 1. The van der Waals surface area contributed by atoms with Crippen molar-refractivity contribution in [2.75, 3.05) is 4.90 Å². The molecule has 0 N–H and O–H groups in total. The van der Waals surface area contributed by atoms with E-state index in [-0.39, 0.29) is 35.6 Å². The van der Waals surface area contributed by atoms with Gasteiger partial charge in [0.05, 0.1) is 12.1 Å². The molecule has 1 saturated carbocycles. The fourth-order valence-electron chi connectivity index (χ4n) is 4.65. The minimum Gasteiger partial charge on any atom is -0.427 e. The van der Waals surface area contributed by atoms with Gasteiger partial charge in [0.1, 0.15) is 11.8 Å². The molecule has 3 rings (SSSR count). The summed E-state index contributed by atoms with van der Waals surface area (Å²) in [6.07, 6.45) is 6.39. The summed E-state index contributed by atoms with van der Waals surface area (Å²) in [7, 11) is 0. The second-order valence-electron chi connectivity index (χ2n) is 10.1. The Morgan fingerprint density at radius 1 is 1.03 bits per heavy atom. The van der Waals surface area contributed by atoms with Crippen LogP contribution in [-0.2, 0) is 19.2 Å². The average molecular weight is 443 g/mol. The van der Waals surface area contributed by atoms with Crippen LogP contribution in [0.3, 0.4) is 0 Å². The number of ether oxygens (including phenoxy) is 1. The van der Waals surface area contributed by atoms with Gasteiger partial charge in [-0.2, -0.15) is 0 Å². The molecule has 2 aliphatic rings. The number of amides is 3. The summed E-state index contributed by atoms with van der Waals surface area (Å²) >= 11 is 0. The van der Waals surface area contributed by atoms with Gasteiger partial charge in [-0.25, -0.2) is 4.90 Å². The Morgan fingerprint density at radius 2 is 1.62 bits per heavy atom. The Morgan fingerprint density at radius 3 is 2.16 bits per heavy atom. The van der Waals surface area contributed by atoms with Crippen molar-refractivity contribution in [1.82, 2.24) is 4.90 Å². The third kappa shape index (κ3) is 5.75. The topological polar surface area (TPSA) is 84.0 Å². The first-order chi connectivity index (χ1) is 15.1. The minimum atomic E-state index is -0.770. The van der Waals surface area contributed by atoms with Crippen molar-refractivity contribution in [2.45, 2.75) is 91.1 Å². The molecular formula is C25H34N2O5. The molecule has 1 atom stereocenters. The Hall–Kier alpha value is -2.70. The number of nitrogens with zero attached hydrogens (tertiary/aromatic N) is 2. The van der Waals surface area contributed by atoms with E-state index in [9.17, 15) is 19.2 Å². The monoisotopic (exact) mass is 442 g/mol. The number of rotatable bonds is 5. The van der Waals surface area contributed by atoms with Gasteiger partial charge in [-0.3, -0.25) is 19.2 Å². The zero-order valence-electron chi connectivity index (χ0n) is 19.6. The molecule has 0 aromatic heterocycles. The van der Waals surface area contributed by atoms with Crippen LogP contribution in [0.5, 0.6) is 5.75 Å². The third-order valence-corrected chi connectivity index (χ3v) is 6.00. The Balaban J connectivity index is 1.86. The summed E-state index contributed by atoms with van der Waals surface area (Å²) in [6, 6.07) is 5.50. The highest BCUT2D eigenvalue weighted by Gasteiger charge is 2.46. The summed E-state index contributed by atoms with van der Waals surface area (Å²) in [6.45, 7) is 7.33. The third-order valence-electron chi connectivity index (χ3n) is 6.00. The quantitative estimate of drug-likeness (QED) is 0.295. The van der Waals surface area contributed by atoms with Crippen molar-refractivity contribution in [1.29, 1.82) is 0 Å². The molecule has 1 aliphatic carbocycles. The molecule has 7 nitrogen and oxygen atoms in total. The highest BCUT2D eigenvalue weighted by atomic mass is 16.5. The van der Waals surface area contributed by atoms with Crippen LogP contribution in [0, 0.1) is 5.41 Å². The fourth-order valence-corrected chi connectivity index (χ4v) is 4.65. The summed E-state index contributed by atoms with van der Waals surface area (Å²) in [5.74, 6) is -0.827. The van der Waals surface area contributed by atoms with E-state index < -0.39 is 12.0 Å². The van der Waals surface area contributed by atoms with E-state index in [1.165, 1.54) is 6.92 Å². The zero-order valence-corrected chi connectivity index (χ0v) is 19.6. The van der Waals surface area contributed by atoms with Crippen LogP contribution in [0.4, 0.5) is 5.69 Å². The molecule has 0 spiro atoms. The molecule has 2 fully saturated rings. The lowest BCUT2D eigenvalue weighted by atomic mass is 9.90. The molecule has 0 radical (unpaired) electrons.